The maximum Gasteiger partial charge on any atom is 0.169 e. The minimum absolute atomic E-state index is 0.117. The van der Waals surface area contributed by atoms with E-state index < -0.39 is 0 Å². The van der Waals surface area contributed by atoms with Crippen molar-refractivity contribution in [3.63, 3.8) is 0 Å². The Kier molecular flexibility index (Phi) is 4.94. The number of fused-ring (bicyclic) bond motifs is 1. The van der Waals surface area contributed by atoms with Crippen molar-refractivity contribution in [2.45, 2.75) is 20.0 Å². The van der Waals surface area contributed by atoms with Crippen molar-refractivity contribution in [3.05, 3.63) is 75.9 Å². The van der Waals surface area contributed by atoms with Gasteiger partial charge in [0.25, 0.3) is 0 Å². The molecule has 0 aliphatic carbocycles. The maximum atomic E-state index is 11.9. The molecule has 0 atom stereocenters. The Morgan fingerprint density at radius 3 is 2.89 bits per heavy atom. The van der Waals surface area contributed by atoms with Crippen molar-refractivity contribution in [1.29, 1.82) is 0 Å². The predicted molar refractivity (Wildman–Crippen MR) is 107 cm³/mol. The lowest BCUT2D eigenvalue weighted by molar-refractivity contribution is 0.0933. The van der Waals surface area contributed by atoms with E-state index in [4.69, 9.17) is 9.47 Å². The number of ketones is 1. The molecule has 0 radical (unpaired) electrons. The molecule has 0 bridgehead atoms. The number of halogens is 1. The highest BCUT2D eigenvalue weighted by Gasteiger charge is 2.18. The number of ether oxygens (including phenoxy) is 2. The van der Waals surface area contributed by atoms with Gasteiger partial charge in [0.1, 0.15) is 18.1 Å². The van der Waals surface area contributed by atoms with Crippen LogP contribution in [0.4, 0.5) is 0 Å². The number of carbonyl (C=O) groups excluding carboxylic acids is 1. The van der Waals surface area contributed by atoms with Crippen molar-refractivity contribution >= 4 is 21.7 Å². The van der Waals surface area contributed by atoms with Gasteiger partial charge in [0.05, 0.1) is 17.9 Å². The molecule has 5 heteroatoms. The molecular formula is C22H18BrNO3. The van der Waals surface area contributed by atoms with Crippen molar-refractivity contribution in [1.82, 2.24) is 4.98 Å². The number of carbonyl (C=O) groups is 1. The molecular weight excluding hydrogens is 406 g/mol. The van der Waals surface area contributed by atoms with Gasteiger partial charge >= 0.3 is 0 Å². The van der Waals surface area contributed by atoms with Crippen LogP contribution < -0.4 is 9.47 Å². The summed E-state index contributed by atoms with van der Waals surface area (Å²) in [5, 5.41) is 0. The maximum absolute atomic E-state index is 11.9. The molecule has 1 aliphatic heterocycles. The minimum atomic E-state index is 0.117. The first-order chi connectivity index (χ1) is 13.1. The van der Waals surface area contributed by atoms with Crippen molar-refractivity contribution in [3.8, 4) is 22.8 Å². The van der Waals surface area contributed by atoms with Crippen LogP contribution in [0, 0.1) is 6.92 Å². The Balaban J connectivity index is 1.50. The number of hydrogen-bond acceptors (Lipinski definition) is 4. The summed E-state index contributed by atoms with van der Waals surface area (Å²) in [6, 6.07) is 15.5. The average Bonchev–Trinajstić information content (AvgIpc) is 2.69. The largest absolute Gasteiger partial charge is 0.492 e. The van der Waals surface area contributed by atoms with E-state index in [0.717, 1.165) is 21.3 Å². The van der Waals surface area contributed by atoms with E-state index in [2.05, 4.69) is 33.9 Å². The van der Waals surface area contributed by atoms with Crippen LogP contribution in [-0.2, 0) is 6.61 Å². The lowest BCUT2D eigenvalue weighted by atomic mass is 10.1. The molecule has 4 rings (SSSR count). The molecule has 0 saturated heterocycles. The fourth-order valence-corrected chi connectivity index (χ4v) is 3.27. The topological polar surface area (TPSA) is 48.4 Å². The van der Waals surface area contributed by atoms with Crippen LogP contribution in [-0.4, -0.2) is 17.4 Å². The van der Waals surface area contributed by atoms with Crippen molar-refractivity contribution < 1.29 is 14.3 Å². The van der Waals surface area contributed by atoms with Crippen LogP contribution >= 0.6 is 15.9 Å². The Morgan fingerprint density at radius 1 is 1.15 bits per heavy atom. The van der Waals surface area contributed by atoms with Gasteiger partial charge < -0.3 is 9.47 Å². The monoisotopic (exact) mass is 423 g/mol. The average molecular weight is 424 g/mol. The number of benzene rings is 2. The molecule has 0 spiro atoms. The highest BCUT2D eigenvalue weighted by atomic mass is 79.9. The van der Waals surface area contributed by atoms with Gasteiger partial charge in [0.15, 0.2) is 5.78 Å². The summed E-state index contributed by atoms with van der Waals surface area (Å²) in [5.41, 5.74) is 4.80. The summed E-state index contributed by atoms with van der Waals surface area (Å²) in [7, 11) is 0. The summed E-state index contributed by atoms with van der Waals surface area (Å²) in [5.74, 6) is 1.40. The van der Waals surface area contributed by atoms with Crippen LogP contribution in [0.1, 0.15) is 27.9 Å². The zero-order valence-electron chi connectivity index (χ0n) is 14.9. The van der Waals surface area contributed by atoms with E-state index in [1.54, 1.807) is 18.3 Å². The van der Waals surface area contributed by atoms with E-state index >= 15 is 0 Å². The van der Waals surface area contributed by atoms with Gasteiger partial charge in [0, 0.05) is 28.7 Å². The number of nitrogens with zero attached hydrogens (tertiary/aromatic N) is 1. The zero-order chi connectivity index (χ0) is 18.8. The molecule has 0 unspecified atom stereocenters. The molecule has 4 nitrogen and oxygen atoms in total. The minimum Gasteiger partial charge on any atom is -0.492 e. The second kappa shape index (κ2) is 7.53. The first kappa shape index (κ1) is 17.7. The molecule has 136 valence electrons. The summed E-state index contributed by atoms with van der Waals surface area (Å²) in [6.45, 7) is 2.90. The van der Waals surface area contributed by atoms with Crippen molar-refractivity contribution in [2.24, 2.45) is 0 Å². The zero-order valence-corrected chi connectivity index (χ0v) is 16.5. The van der Waals surface area contributed by atoms with Crippen LogP contribution in [0.3, 0.4) is 0 Å². The van der Waals surface area contributed by atoms with Crippen molar-refractivity contribution in [2.75, 3.05) is 6.61 Å². The quantitative estimate of drug-likeness (QED) is 0.566. The third kappa shape index (κ3) is 3.88. The third-order valence-electron chi connectivity index (χ3n) is 4.52. The Morgan fingerprint density at radius 2 is 2.04 bits per heavy atom. The Labute approximate surface area is 166 Å². The smallest absolute Gasteiger partial charge is 0.169 e. The Hall–Kier alpha value is -2.66. The van der Waals surface area contributed by atoms with Crippen LogP contribution in [0.5, 0.6) is 11.5 Å². The summed E-state index contributed by atoms with van der Waals surface area (Å²) < 4.78 is 12.6. The third-order valence-corrected chi connectivity index (χ3v) is 5.41. The second-order valence-corrected chi connectivity index (χ2v) is 7.34. The molecule has 3 aromatic rings. The molecule has 0 fully saturated rings. The number of rotatable bonds is 4. The molecule has 2 aromatic carbocycles. The lowest BCUT2D eigenvalue weighted by Crippen LogP contribution is -2.15. The van der Waals surface area contributed by atoms with Crippen LogP contribution in [0.2, 0.25) is 0 Å². The van der Waals surface area contributed by atoms with E-state index in [1.807, 2.05) is 30.3 Å². The SMILES string of the molecule is Cc1cc(-c2cc(COc3ccc4c(c3)OCCC4=O)ccn2)ccc1Br. The molecule has 1 aromatic heterocycles. The first-order valence-electron chi connectivity index (χ1n) is 8.74. The fourth-order valence-electron chi connectivity index (χ4n) is 3.02. The molecule has 1 aliphatic rings. The van der Waals surface area contributed by atoms with Crippen LogP contribution in [0.25, 0.3) is 11.3 Å². The fraction of sp³-hybridized carbons (Fsp3) is 0.182. The number of aromatic nitrogens is 1. The van der Waals surface area contributed by atoms with E-state index in [0.29, 0.717) is 36.7 Å². The predicted octanol–water partition coefficient (Wildman–Crippen LogP) is 5.36. The normalized spacial score (nSPS) is 13.0. The summed E-state index contributed by atoms with van der Waals surface area (Å²) >= 11 is 3.53. The second-order valence-electron chi connectivity index (χ2n) is 6.48. The van der Waals surface area contributed by atoms with Gasteiger partial charge in [-0.2, -0.15) is 0 Å². The van der Waals surface area contributed by atoms with E-state index in [-0.39, 0.29) is 5.78 Å². The molecule has 2 heterocycles. The molecule has 0 N–H and O–H groups in total. The number of pyridine rings is 1. The van der Waals surface area contributed by atoms with Crippen LogP contribution in [0.15, 0.2) is 59.2 Å². The van der Waals surface area contributed by atoms with Gasteiger partial charge in [-0.05, 0) is 54.4 Å². The number of Topliss-reactive ketones (excluding diaryl/α,β-unsaturated/α-hetero) is 1. The molecule has 0 saturated carbocycles. The molecule has 27 heavy (non-hydrogen) atoms. The molecule has 0 amide bonds. The highest BCUT2D eigenvalue weighted by molar-refractivity contribution is 9.10. The van der Waals surface area contributed by atoms with Gasteiger partial charge in [-0.15, -0.1) is 0 Å². The van der Waals surface area contributed by atoms with Gasteiger partial charge in [0.2, 0.25) is 0 Å². The number of hydrogen-bond donors (Lipinski definition) is 0. The van der Waals surface area contributed by atoms with E-state index in [1.165, 1.54) is 5.56 Å². The Bertz CT molecular complexity index is 1020. The lowest BCUT2D eigenvalue weighted by Gasteiger charge is -2.17. The first-order valence-corrected chi connectivity index (χ1v) is 9.54. The van der Waals surface area contributed by atoms with E-state index in [9.17, 15) is 4.79 Å². The van der Waals surface area contributed by atoms with Gasteiger partial charge in [-0.1, -0.05) is 22.0 Å². The van der Waals surface area contributed by atoms with Gasteiger partial charge in [-0.3, -0.25) is 9.78 Å². The standard InChI is InChI=1S/C22H18BrNO3/c1-14-10-16(2-5-19(14)23)20-11-15(6-8-24-20)13-27-17-3-4-18-21(25)7-9-26-22(18)12-17/h2-6,8,10-12H,7,9,13H2,1H3. The highest BCUT2D eigenvalue weighted by Crippen LogP contribution is 2.30. The van der Waals surface area contributed by atoms with Gasteiger partial charge in [-0.25, -0.2) is 0 Å². The summed E-state index contributed by atoms with van der Waals surface area (Å²) in [6.07, 6.45) is 2.22. The summed E-state index contributed by atoms with van der Waals surface area (Å²) in [4.78, 5) is 16.3. The number of aryl methyl sites for hydroxylation is 1.